The minimum absolute atomic E-state index is 0.0139. The average Bonchev–Trinajstić information content (AvgIpc) is 2.66. The first kappa shape index (κ1) is 18.8. The molecule has 4 aliphatic heterocycles. The van der Waals surface area contributed by atoms with Gasteiger partial charge in [0.25, 0.3) is 0 Å². The van der Waals surface area contributed by atoms with Crippen LogP contribution in [0.4, 0.5) is 10.5 Å². The number of carbonyl (C=O) groups is 1. The molecule has 2 fully saturated rings. The molecule has 0 N–H and O–H groups in total. The van der Waals surface area contributed by atoms with Crippen LogP contribution >= 0.6 is 11.6 Å². The van der Waals surface area contributed by atoms with Gasteiger partial charge in [0.1, 0.15) is 18.2 Å². The number of hydrogen-bond acceptors (Lipinski definition) is 5. The van der Waals surface area contributed by atoms with Crippen LogP contribution in [0.3, 0.4) is 0 Å². The molecular formula is C21H25ClN4O3. The first-order valence-electron chi connectivity index (χ1n) is 10.00. The number of carbonyl (C=O) groups excluding carboxylic acids is 1. The van der Waals surface area contributed by atoms with Gasteiger partial charge in [-0.2, -0.15) is 0 Å². The van der Waals surface area contributed by atoms with Crippen molar-refractivity contribution >= 4 is 29.2 Å². The van der Waals surface area contributed by atoms with Crippen molar-refractivity contribution in [1.82, 2.24) is 9.80 Å². The zero-order valence-electron chi connectivity index (χ0n) is 16.7. The highest BCUT2D eigenvalue weighted by Crippen LogP contribution is 2.43. The average molecular weight is 417 g/mol. The maximum Gasteiger partial charge on any atom is 0.325 e. The van der Waals surface area contributed by atoms with Crippen LogP contribution in [-0.2, 0) is 4.74 Å². The van der Waals surface area contributed by atoms with Crippen LogP contribution in [0, 0.1) is 5.41 Å². The first-order chi connectivity index (χ1) is 14.0. The molecule has 0 aromatic heterocycles. The number of likely N-dealkylation sites (tertiary alicyclic amines) is 2. The van der Waals surface area contributed by atoms with Gasteiger partial charge in [0, 0.05) is 62.4 Å². The Hall–Kier alpha value is -2.25. The lowest BCUT2D eigenvalue weighted by Gasteiger charge is -2.61. The highest BCUT2D eigenvalue weighted by atomic mass is 35.5. The van der Waals surface area contributed by atoms with Gasteiger partial charge >= 0.3 is 6.03 Å². The standard InChI is InChI=1S/C21H25ClN4O3/c1-14-9-29-18-7-15(22)3-4-17(18)26(14)20(27)25-12-21(13-25)10-24(11-21)19-8-16(28-2)5-6-23-19/h3-7,14,16H,8-13H2,1-2H3. The third kappa shape index (κ3) is 3.16. The Kier molecular flexibility index (Phi) is 4.47. The Balaban J connectivity index is 1.22. The third-order valence-electron chi connectivity index (χ3n) is 6.26. The van der Waals surface area contributed by atoms with E-state index >= 15 is 0 Å². The molecular weight excluding hydrogens is 392 g/mol. The maximum absolute atomic E-state index is 13.2. The van der Waals surface area contributed by atoms with E-state index in [4.69, 9.17) is 21.1 Å². The molecule has 1 aromatic rings. The van der Waals surface area contributed by atoms with Crippen LogP contribution in [0.15, 0.2) is 35.5 Å². The van der Waals surface area contributed by atoms with Gasteiger partial charge in [0.15, 0.2) is 0 Å². The number of amidine groups is 1. The lowest BCUT2D eigenvalue weighted by molar-refractivity contribution is -0.0640. The maximum atomic E-state index is 13.2. The summed E-state index contributed by atoms with van der Waals surface area (Å²) in [6, 6.07) is 5.48. The number of urea groups is 1. The summed E-state index contributed by atoms with van der Waals surface area (Å²) in [5.74, 6) is 1.76. The van der Waals surface area contributed by atoms with Crippen molar-refractivity contribution in [3.05, 3.63) is 35.5 Å². The Morgan fingerprint density at radius 2 is 2.10 bits per heavy atom. The molecule has 0 aliphatic carbocycles. The molecule has 2 amide bonds. The third-order valence-corrected chi connectivity index (χ3v) is 6.49. The van der Waals surface area contributed by atoms with E-state index < -0.39 is 0 Å². The van der Waals surface area contributed by atoms with E-state index in [-0.39, 0.29) is 23.6 Å². The van der Waals surface area contributed by atoms with E-state index in [1.54, 1.807) is 19.2 Å². The molecule has 29 heavy (non-hydrogen) atoms. The lowest BCUT2D eigenvalue weighted by Crippen LogP contribution is -2.75. The van der Waals surface area contributed by atoms with Gasteiger partial charge in [-0.25, -0.2) is 9.79 Å². The number of amides is 2. The Morgan fingerprint density at radius 1 is 1.31 bits per heavy atom. The number of nitrogens with zero attached hydrogens (tertiary/aromatic N) is 4. The largest absolute Gasteiger partial charge is 0.489 e. The van der Waals surface area contributed by atoms with E-state index in [1.807, 2.05) is 35.1 Å². The van der Waals surface area contributed by atoms with E-state index in [0.29, 0.717) is 17.4 Å². The molecule has 2 saturated heterocycles. The van der Waals surface area contributed by atoms with Gasteiger partial charge in [0.2, 0.25) is 0 Å². The molecule has 4 aliphatic rings. The van der Waals surface area contributed by atoms with Gasteiger partial charge in [-0.3, -0.25) is 4.90 Å². The minimum atomic E-state index is -0.0139. The number of ether oxygens (including phenoxy) is 2. The number of fused-ring (bicyclic) bond motifs is 1. The van der Waals surface area contributed by atoms with Gasteiger partial charge in [-0.15, -0.1) is 0 Å². The summed E-state index contributed by atoms with van der Waals surface area (Å²) < 4.78 is 11.2. The van der Waals surface area contributed by atoms with Crippen molar-refractivity contribution in [3.8, 4) is 5.75 Å². The molecule has 0 radical (unpaired) electrons. The molecule has 5 rings (SSSR count). The zero-order chi connectivity index (χ0) is 20.2. The molecule has 8 heteroatoms. The second-order valence-electron chi connectivity index (χ2n) is 8.50. The first-order valence-corrected chi connectivity index (χ1v) is 10.4. The van der Waals surface area contributed by atoms with Crippen molar-refractivity contribution in [2.24, 2.45) is 10.4 Å². The predicted octanol–water partition coefficient (Wildman–Crippen LogP) is 3.00. The van der Waals surface area contributed by atoms with Crippen LogP contribution in [0.1, 0.15) is 13.3 Å². The summed E-state index contributed by atoms with van der Waals surface area (Å²) in [7, 11) is 1.73. The van der Waals surface area contributed by atoms with Crippen molar-refractivity contribution in [3.63, 3.8) is 0 Å². The van der Waals surface area contributed by atoms with Crippen molar-refractivity contribution < 1.29 is 14.3 Å². The predicted molar refractivity (Wildman–Crippen MR) is 112 cm³/mol. The smallest absolute Gasteiger partial charge is 0.325 e. The number of halogens is 1. The van der Waals surface area contributed by atoms with Gasteiger partial charge in [0.05, 0.1) is 17.8 Å². The fourth-order valence-electron chi connectivity index (χ4n) is 4.71. The topological polar surface area (TPSA) is 57.6 Å². The Morgan fingerprint density at radius 3 is 2.86 bits per heavy atom. The normalized spacial score (nSPS) is 27.0. The van der Waals surface area contributed by atoms with Crippen molar-refractivity contribution in [2.75, 3.05) is 44.8 Å². The number of methoxy groups -OCH3 is 1. The highest BCUT2D eigenvalue weighted by molar-refractivity contribution is 6.30. The fraction of sp³-hybridized carbons (Fsp3) is 0.524. The monoisotopic (exact) mass is 416 g/mol. The quantitative estimate of drug-likeness (QED) is 0.706. The molecule has 2 unspecified atom stereocenters. The Labute approximate surface area is 175 Å². The summed E-state index contributed by atoms with van der Waals surface area (Å²) >= 11 is 6.08. The van der Waals surface area contributed by atoms with Crippen molar-refractivity contribution in [1.29, 1.82) is 0 Å². The van der Waals surface area contributed by atoms with E-state index in [0.717, 1.165) is 44.1 Å². The van der Waals surface area contributed by atoms with Crippen LogP contribution in [0.2, 0.25) is 5.02 Å². The molecule has 0 saturated carbocycles. The Bertz CT molecular complexity index is 888. The lowest BCUT2D eigenvalue weighted by atomic mass is 9.72. The number of rotatable bonds is 1. The van der Waals surface area contributed by atoms with E-state index in [9.17, 15) is 4.79 Å². The molecule has 2 atom stereocenters. The summed E-state index contributed by atoms with van der Waals surface area (Å²) in [6.45, 7) is 5.95. The second-order valence-corrected chi connectivity index (χ2v) is 8.94. The summed E-state index contributed by atoms with van der Waals surface area (Å²) in [5.41, 5.74) is 0.989. The number of aliphatic imine (C=N–C) groups is 1. The summed E-state index contributed by atoms with van der Waals surface area (Å²) in [4.78, 5) is 23.8. The van der Waals surface area contributed by atoms with Crippen LogP contribution in [0.25, 0.3) is 0 Å². The molecule has 7 nitrogen and oxygen atoms in total. The van der Waals surface area contributed by atoms with E-state index in [2.05, 4.69) is 9.89 Å². The van der Waals surface area contributed by atoms with Crippen LogP contribution in [0.5, 0.6) is 5.75 Å². The fourth-order valence-corrected chi connectivity index (χ4v) is 4.87. The molecule has 4 heterocycles. The molecule has 1 aromatic carbocycles. The number of anilines is 1. The van der Waals surface area contributed by atoms with Crippen molar-refractivity contribution in [2.45, 2.75) is 25.5 Å². The van der Waals surface area contributed by atoms with E-state index in [1.165, 1.54) is 0 Å². The zero-order valence-corrected chi connectivity index (χ0v) is 17.4. The summed E-state index contributed by atoms with van der Waals surface area (Å²) in [6.07, 6.45) is 4.74. The molecule has 154 valence electrons. The summed E-state index contributed by atoms with van der Waals surface area (Å²) in [5, 5.41) is 0.611. The minimum Gasteiger partial charge on any atom is -0.489 e. The number of hydrogen-bond donors (Lipinski definition) is 0. The second kappa shape index (κ2) is 6.92. The van der Waals surface area contributed by atoms with Gasteiger partial charge in [-0.1, -0.05) is 11.6 Å². The van der Waals surface area contributed by atoms with Gasteiger partial charge in [-0.05, 0) is 25.1 Å². The molecule has 1 spiro atoms. The van der Waals surface area contributed by atoms with Gasteiger partial charge < -0.3 is 19.3 Å². The highest BCUT2D eigenvalue weighted by Gasteiger charge is 2.55. The van der Waals surface area contributed by atoms with Crippen LogP contribution < -0.4 is 9.64 Å². The SMILES string of the molecule is COC1C=CN=C(N2CC3(CN(C(=O)N4c5ccc(Cl)cc5OCC4C)C3)C2)C1. The van der Waals surface area contributed by atoms with Crippen LogP contribution in [-0.4, -0.2) is 73.7 Å². The molecule has 0 bridgehead atoms. The number of benzene rings is 1.